The Kier molecular flexibility index (Phi) is 6.36. The van der Waals surface area contributed by atoms with E-state index in [0.717, 1.165) is 43.3 Å². The first-order valence-corrected chi connectivity index (χ1v) is 13.1. The van der Waals surface area contributed by atoms with E-state index in [4.69, 9.17) is 0 Å². The van der Waals surface area contributed by atoms with Gasteiger partial charge in [0.1, 0.15) is 6.29 Å². The van der Waals surface area contributed by atoms with Gasteiger partial charge in [0, 0.05) is 5.92 Å². The number of allylic oxidation sites excluding steroid dienone is 3. The molecule has 0 radical (unpaired) electrons. The molecule has 4 aliphatic rings. The van der Waals surface area contributed by atoms with Crippen LogP contribution in [-0.2, 0) is 4.79 Å². The van der Waals surface area contributed by atoms with Gasteiger partial charge in [0.05, 0.1) is 6.10 Å². The molecular weight excluding hydrogens is 380 g/mol. The molecule has 3 saturated carbocycles. The molecule has 174 valence electrons. The highest BCUT2D eigenvalue weighted by Crippen LogP contribution is 2.67. The second kappa shape index (κ2) is 8.47. The number of aldehydes is 1. The zero-order valence-corrected chi connectivity index (χ0v) is 20.7. The predicted molar refractivity (Wildman–Crippen MR) is 129 cm³/mol. The van der Waals surface area contributed by atoms with E-state index in [2.05, 4.69) is 47.3 Å². The second-order valence-electron chi connectivity index (χ2n) is 12.5. The van der Waals surface area contributed by atoms with Gasteiger partial charge in [-0.2, -0.15) is 0 Å². The molecule has 2 nitrogen and oxygen atoms in total. The number of fused-ring (bicyclic) bond motifs is 5. The maximum atomic E-state index is 11.8. The molecule has 2 heteroatoms. The third-order valence-electron chi connectivity index (χ3n) is 10.9. The fraction of sp³-hybridized carbons (Fsp3) is 0.828. The quantitative estimate of drug-likeness (QED) is 0.367. The molecule has 1 N–H and O–H groups in total. The Balaban J connectivity index is 1.53. The van der Waals surface area contributed by atoms with Crippen molar-refractivity contribution in [2.75, 3.05) is 0 Å². The summed E-state index contributed by atoms with van der Waals surface area (Å²) in [7, 11) is 0. The lowest BCUT2D eigenvalue weighted by molar-refractivity contribution is -0.129. The van der Waals surface area contributed by atoms with Crippen LogP contribution in [0.25, 0.3) is 0 Å². The number of carbonyl (C=O) groups is 1. The van der Waals surface area contributed by atoms with Crippen molar-refractivity contribution in [2.24, 2.45) is 52.3 Å². The molecule has 0 aromatic rings. The maximum absolute atomic E-state index is 11.8. The molecule has 4 rings (SSSR count). The molecule has 0 bridgehead atoms. The van der Waals surface area contributed by atoms with Crippen molar-refractivity contribution in [3.05, 3.63) is 23.8 Å². The van der Waals surface area contributed by atoms with Gasteiger partial charge in [-0.05, 0) is 104 Å². The van der Waals surface area contributed by atoms with Gasteiger partial charge in [0.25, 0.3) is 0 Å². The standard InChI is InChI=1S/C29H46O2/c1-18(2)19(3)7-8-20(4)23-11-12-24-21-9-10-25-22(17-30)27(31)14-16-29(25,6)26(21)13-15-28(23,24)5/h9,17-18,20,22-27,31H,3,7-8,10-16H2,1-2,4-6H3/t20-,22+,23?,24?,25?,26?,27+,28-,29+/m1/s1. The Morgan fingerprint density at radius 2 is 1.81 bits per heavy atom. The van der Waals surface area contributed by atoms with Crippen LogP contribution in [0.1, 0.15) is 92.4 Å². The van der Waals surface area contributed by atoms with E-state index in [1.807, 2.05) is 0 Å². The van der Waals surface area contributed by atoms with Crippen molar-refractivity contribution < 1.29 is 9.90 Å². The average Bonchev–Trinajstić information content (AvgIpc) is 3.09. The van der Waals surface area contributed by atoms with Crippen LogP contribution in [0.5, 0.6) is 0 Å². The van der Waals surface area contributed by atoms with Gasteiger partial charge in [-0.15, -0.1) is 0 Å². The molecule has 31 heavy (non-hydrogen) atoms. The van der Waals surface area contributed by atoms with Gasteiger partial charge < -0.3 is 9.90 Å². The number of hydrogen-bond acceptors (Lipinski definition) is 2. The number of aliphatic hydroxyl groups is 1. The molecule has 0 saturated heterocycles. The van der Waals surface area contributed by atoms with Crippen molar-refractivity contribution in [1.29, 1.82) is 0 Å². The van der Waals surface area contributed by atoms with Gasteiger partial charge in [0.15, 0.2) is 0 Å². The number of rotatable bonds is 6. The van der Waals surface area contributed by atoms with E-state index in [9.17, 15) is 9.90 Å². The molecule has 0 amide bonds. The molecule has 0 aromatic carbocycles. The summed E-state index contributed by atoms with van der Waals surface area (Å²) in [6.45, 7) is 16.4. The van der Waals surface area contributed by atoms with Crippen LogP contribution in [0, 0.1) is 52.3 Å². The van der Waals surface area contributed by atoms with Crippen molar-refractivity contribution in [3.8, 4) is 0 Å². The topological polar surface area (TPSA) is 37.3 Å². The lowest BCUT2D eigenvalue weighted by Gasteiger charge is -2.59. The Bertz CT molecular complexity index is 735. The van der Waals surface area contributed by atoms with Crippen molar-refractivity contribution in [3.63, 3.8) is 0 Å². The summed E-state index contributed by atoms with van der Waals surface area (Å²) in [4.78, 5) is 11.8. The first kappa shape index (κ1) is 23.3. The summed E-state index contributed by atoms with van der Waals surface area (Å²) < 4.78 is 0. The first-order chi connectivity index (χ1) is 14.6. The van der Waals surface area contributed by atoms with Gasteiger partial charge in [-0.3, -0.25) is 0 Å². The summed E-state index contributed by atoms with van der Waals surface area (Å²) in [5.74, 6) is 3.68. The maximum Gasteiger partial charge on any atom is 0.125 e. The molecule has 0 heterocycles. The zero-order chi connectivity index (χ0) is 22.6. The highest BCUT2D eigenvalue weighted by Gasteiger charge is 2.59. The zero-order valence-electron chi connectivity index (χ0n) is 20.7. The number of aliphatic hydroxyl groups excluding tert-OH is 1. The second-order valence-corrected chi connectivity index (χ2v) is 12.5. The van der Waals surface area contributed by atoms with E-state index >= 15 is 0 Å². The van der Waals surface area contributed by atoms with Crippen LogP contribution < -0.4 is 0 Å². The molecule has 4 aliphatic carbocycles. The Hall–Kier alpha value is -0.890. The number of hydrogen-bond donors (Lipinski definition) is 1. The van der Waals surface area contributed by atoms with E-state index in [0.29, 0.717) is 23.2 Å². The van der Waals surface area contributed by atoms with Crippen molar-refractivity contribution in [2.45, 2.75) is 98.5 Å². The molecular formula is C29H46O2. The van der Waals surface area contributed by atoms with Crippen LogP contribution in [0.3, 0.4) is 0 Å². The highest BCUT2D eigenvalue weighted by atomic mass is 16.3. The molecule has 0 aliphatic heterocycles. The largest absolute Gasteiger partial charge is 0.392 e. The summed E-state index contributed by atoms with van der Waals surface area (Å²) in [5, 5.41) is 10.5. The van der Waals surface area contributed by atoms with E-state index in [-0.39, 0.29) is 11.3 Å². The SMILES string of the molecule is C=C(CC[C@@H](C)C1CCC2C3=CCC4[C@H](C=O)[C@@H](O)CC[C@]4(C)C3CC[C@@]21C)C(C)C. The minimum absolute atomic E-state index is 0.171. The van der Waals surface area contributed by atoms with Crippen molar-refractivity contribution >= 4 is 6.29 Å². The fourth-order valence-electron chi connectivity index (χ4n) is 8.72. The van der Waals surface area contributed by atoms with Crippen LogP contribution >= 0.6 is 0 Å². The molecule has 3 fully saturated rings. The van der Waals surface area contributed by atoms with Crippen molar-refractivity contribution in [1.82, 2.24) is 0 Å². The summed E-state index contributed by atoms with van der Waals surface area (Å²) in [5.41, 5.74) is 3.78. The Morgan fingerprint density at radius 3 is 2.48 bits per heavy atom. The third kappa shape index (κ3) is 3.69. The molecule has 0 spiro atoms. The van der Waals surface area contributed by atoms with E-state index < -0.39 is 6.10 Å². The fourth-order valence-corrected chi connectivity index (χ4v) is 8.72. The van der Waals surface area contributed by atoms with Crippen LogP contribution in [-0.4, -0.2) is 17.5 Å². The Morgan fingerprint density at radius 1 is 1.13 bits per heavy atom. The molecule has 0 aromatic heterocycles. The minimum Gasteiger partial charge on any atom is -0.392 e. The van der Waals surface area contributed by atoms with Gasteiger partial charge in [0.2, 0.25) is 0 Å². The first-order valence-electron chi connectivity index (χ1n) is 13.1. The Labute approximate surface area is 191 Å². The summed E-state index contributed by atoms with van der Waals surface area (Å²) >= 11 is 0. The monoisotopic (exact) mass is 426 g/mol. The lowest BCUT2D eigenvalue weighted by Crippen LogP contribution is -2.53. The van der Waals surface area contributed by atoms with E-state index in [1.54, 1.807) is 5.57 Å². The summed E-state index contributed by atoms with van der Waals surface area (Å²) in [6, 6.07) is 0. The van der Waals surface area contributed by atoms with Crippen LogP contribution in [0.15, 0.2) is 23.8 Å². The number of carbonyl (C=O) groups excluding carboxylic acids is 1. The predicted octanol–water partition coefficient (Wildman–Crippen LogP) is 6.98. The summed E-state index contributed by atoms with van der Waals surface area (Å²) in [6.07, 6.45) is 13.8. The smallest absolute Gasteiger partial charge is 0.125 e. The van der Waals surface area contributed by atoms with Crippen LogP contribution in [0.2, 0.25) is 0 Å². The van der Waals surface area contributed by atoms with Gasteiger partial charge >= 0.3 is 0 Å². The molecule has 9 atom stereocenters. The van der Waals surface area contributed by atoms with E-state index in [1.165, 1.54) is 44.1 Å². The highest BCUT2D eigenvalue weighted by molar-refractivity contribution is 5.56. The normalized spacial score (nSPS) is 45.3. The molecule has 4 unspecified atom stereocenters. The average molecular weight is 427 g/mol. The van der Waals surface area contributed by atoms with Gasteiger partial charge in [-0.1, -0.05) is 58.4 Å². The van der Waals surface area contributed by atoms with Crippen LogP contribution in [0.4, 0.5) is 0 Å². The third-order valence-corrected chi connectivity index (χ3v) is 10.9. The minimum atomic E-state index is -0.434. The van der Waals surface area contributed by atoms with Gasteiger partial charge in [-0.25, -0.2) is 0 Å². The lowest BCUT2D eigenvalue weighted by atomic mass is 9.46.